The summed E-state index contributed by atoms with van der Waals surface area (Å²) < 4.78 is 0. The lowest BCUT2D eigenvalue weighted by atomic mass is 10.0. The summed E-state index contributed by atoms with van der Waals surface area (Å²) in [7, 11) is 0. The molecule has 0 saturated carbocycles. The minimum absolute atomic E-state index is 0.190. The molecule has 1 aromatic carbocycles. The minimum Gasteiger partial charge on any atom is -0.480 e. The molecule has 0 aliphatic heterocycles. The van der Waals surface area contributed by atoms with E-state index >= 15 is 0 Å². The second-order valence-corrected chi connectivity index (χ2v) is 5.17. The van der Waals surface area contributed by atoms with Crippen LogP contribution >= 0.6 is 0 Å². The highest BCUT2D eigenvalue weighted by Gasteiger charge is 2.17. The molecular formula is C15H23N3O4. The van der Waals surface area contributed by atoms with Crippen LogP contribution in [0, 0.1) is 0 Å². The van der Waals surface area contributed by atoms with Gasteiger partial charge in [0, 0.05) is 5.69 Å². The molecule has 1 aromatic rings. The van der Waals surface area contributed by atoms with Gasteiger partial charge >= 0.3 is 11.9 Å². The average Bonchev–Trinajstić information content (AvgIpc) is 2.46. The highest BCUT2D eigenvalue weighted by Crippen LogP contribution is 2.15. The Labute approximate surface area is 129 Å². The SMILES string of the molecule is NCCCC[C@H](Nc1cccc(C[C@H](N)C(=O)O)c1)C(=O)O. The molecule has 0 radical (unpaired) electrons. The minimum atomic E-state index is -1.07. The van der Waals surface area contributed by atoms with Gasteiger partial charge in [0.25, 0.3) is 0 Å². The van der Waals surface area contributed by atoms with Crippen molar-refractivity contribution in [2.75, 3.05) is 11.9 Å². The molecule has 7 N–H and O–H groups in total. The number of aliphatic carboxylic acids is 2. The Bertz CT molecular complexity index is 507. The van der Waals surface area contributed by atoms with Crippen LogP contribution in [-0.4, -0.2) is 40.8 Å². The monoisotopic (exact) mass is 309 g/mol. The molecule has 0 aliphatic rings. The summed E-state index contributed by atoms with van der Waals surface area (Å²) in [5, 5.41) is 21.0. The smallest absolute Gasteiger partial charge is 0.326 e. The Morgan fingerprint density at radius 2 is 1.91 bits per heavy atom. The number of anilines is 1. The van der Waals surface area contributed by atoms with Gasteiger partial charge in [-0.2, -0.15) is 0 Å². The van der Waals surface area contributed by atoms with Gasteiger partial charge in [0.2, 0.25) is 0 Å². The van der Waals surface area contributed by atoms with Crippen LogP contribution < -0.4 is 16.8 Å². The quantitative estimate of drug-likeness (QED) is 0.399. The molecule has 7 heteroatoms. The first-order valence-electron chi connectivity index (χ1n) is 7.20. The van der Waals surface area contributed by atoms with Crippen LogP contribution in [0.3, 0.4) is 0 Å². The molecule has 0 spiro atoms. The summed E-state index contributed by atoms with van der Waals surface area (Å²) in [6.45, 7) is 0.537. The number of hydrogen-bond acceptors (Lipinski definition) is 5. The van der Waals surface area contributed by atoms with E-state index in [0.717, 1.165) is 18.4 Å². The summed E-state index contributed by atoms with van der Waals surface area (Å²) in [6, 6.07) is 5.30. The molecule has 22 heavy (non-hydrogen) atoms. The van der Waals surface area contributed by atoms with Gasteiger partial charge in [-0.3, -0.25) is 4.79 Å². The predicted molar refractivity (Wildman–Crippen MR) is 83.7 cm³/mol. The summed E-state index contributed by atoms with van der Waals surface area (Å²) >= 11 is 0. The normalized spacial score (nSPS) is 13.4. The topological polar surface area (TPSA) is 139 Å². The Kier molecular flexibility index (Phi) is 7.34. The first kappa shape index (κ1) is 17.9. The van der Waals surface area contributed by atoms with Crippen molar-refractivity contribution in [1.82, 2.24) is 0 Å². The molecule has 0 bridgehead atoms. The number of unbranched alkanes of at least 4 members (excludes halogenated alkanes) is 1. The summed E-state index contributed by atoms with van der Waals surface area (Å²) in [6.07, 6.45) is 2.17. The van der Waals surface area contributed by atoms with Gasteiger partial charge in [0.05, 0.1) is 0 Å². The van der Waals surface area contributed by atoms with Crippen LogP contribution in [0.4, 0.5) is 5.69 Å². The summed E-state index contributed by atoms with van der Waals surface area (Å²) in [4.78, 5) is 22.0. The lowest BCUT2D eigenvalue weighted by molar-refractivity contribution is -0.139. The molecule has 0 aromatic heterocycles. The van der Waals surface area contributed by atoms with Gasteiger partial charge in [-0.1, -0.05) is 12.1 Å². The second-order valence-electron chi connectivity index (χ2n) is 5.17. The van der Waals surface area contributed by atoms with Crippen molar-refractivity contribution < 1.29 is 19.8 Å². The van der Waals surface area contributed by atoms with Gasteiger partial charge in [-0.15, -0.1) is 0 Å². The first-order chi connectivity index (χ1) is 10.4. The number of carboxylic acid groups (broad SMARTS) is 2. The van der Waals surface area contributed by atoms with E-state index in [-0.39, 0.29) is 6.42 Å². The molecule has 2 atom stereocenters. The maximum absolute atomic E-state index is 11.3. The number of carboxylic acids is 2. The van der Waals surface area contributed by atoms with Gasteiger partial charge in [0.1, 0.15) is 12.1 Å². The van der Waals surface area contributed by atoms with Gasteiger partial charge < -0.3 is 27.0 Å². The molecular weight excluding hydrogens is 286 g/mol. The van der Waals surface area contributed by atoms with E-state index in [2.05, 4.69) is 5.32 Å². The fraction of sp³-hybridized carbons (Fsp3) is 0.467. The Morgan fingerprint density at radius 1 is 1.18 bits per heavy atom. The van der Waals surface area contributed by atoms with E-state index in [9.17, 15) is 14.7 Å². The zero-order valence-corrected chi connectivity index (χ0v) is 12.4. The lowest BCUT2D eigenvalue weighted by Crippen LogP contribution is -2.32. The predicted octanol–water partition coefficient (Wildman–Crippen LogP) is 0.635. The third-order valence-corrected chi connectivity index (χ3v) is 3.29. The summed E-state index contributed by atoms with van der Waals surface area (Å²) in [5.74, 6) is -1.99. The van der Waals surface area contributed by atoms with E-state index < -0.39 is 24.0 Å². The van der Waals surface area contributed by atoms with Crippen LogP contribution in [0.15, 0.2) is 24.3 Å². The van der Waals surface area contributed by atoms with Crippen LogP contribution in [0.25, 0.3) is 0 Å². The first-order valence-corrected chi connectivity index (χ1v) is 7.20. The van der Waals surface area contributed by atoms with Crippen molar-refractivity contribution in [1.29, 1.82) is 0 Å². The molecule has 0 saturated heterocycles. The number of carbonyl (C=O) groups is 2. The molecule has 0 aliphatic carbocycles. The number of hydrogen-bond donors (Lipinski definition) is 5. The largest absolute Gasteiger partial charge is 0.480 e. The molecule has 1 rings (SSSR count). The third-order valence-electron chi connectivity index (χ3n) is 3.29. The highest BCUT2D eigenvalue weighted by molar-refractivity contribution is 5.77. The standard InChI is InChI=1S/C15H23N3O4/c16-7-2-1-6-13(15(21)22)18-11-5-3-4-10(8-11)9-12(17)14(19)20/h3-5,8,12-13,18H,1-2,6-7,9,16-17H2,(H,19,20)(H,21,22)/t12-,13-/m0/s1. The fourth-order valence-corrected chi connectivity index (χ4v) is 2.08. The number of nitrogens with two attached hydrogens (primary N) is 2. The second kappa shape index (κ2) is 9.01. The van der Waals surface area contributed by atoms with Crippen molar-refractivity contribution in [3.63, 3.8) is 0 Å². The lowest BCUT2D eigenvalue weighted by Gasteiger charge is -2.16. The molecule has 0 fully saturated rings. The third kappa shape index (κ3) is 6.11. The van der Waals surface area contributed by atoms with Crippen molar-refractivity contribution in [2.24, 2.45) is 11.5 Å². The zero-order chi connectivity index (χ0) is 16.5. The van der Waals surface area contributed by atoms with E-state index in [0.29, 0.717) is 18.7 Å². The van der Waals surface area contributed by atoms with E-state index in [4.69, 9.17) is 16.6 Å². The van der Waals surface area contributed by atoms with Crippen LogP contribution in [0.1, 0.15) is 24.8 Å². The number of nitrogens with one attached hydrogen (secondary N) is 1. The van der Waals surface area contributed by atoms with Gasteiger partial charge in [0.15, 0.2) is 0 Å². The summed E-state index contributed by atoms with van der Waals surface area (Å²) in [5.41, 5.74) is 12.3. The zero-order valence-electron chi connectivity index (χ0n) is 12.4. The Morgan fingerprint density at radius 3 is 2.50 bits per heavy atom. The Balaban J connectivity index is 2.70. The molecule has 0 amide bonds. The fourth-order valence-electron chi connectivity index (χ4n) is 2.08. The maximum Gasteiger partial charge on any atom is 0.326 e. The van der Waals surface area contributed by atoms with Crippen LogP contribution in [0.5, 0.6) is 0 Å². The van der Waals surface area contributed by atoms with Crippen molar-refractivity contribution in [3.8, 4) is 0 Å². The van der Waals surface area contributed by atoms with E-state index in [1.165, 1.54) is 0 Å². The van der Waals surface area contributed by atoms with Crippen LogP contribution in [-0.2, 0) is 16.0 Å². The highest BCUT2D eigenvalue weighted by atomic mass is 16.4. The van der Waals surface area contributed by atoms with Crippen molar-refractivity contribution in [3.05, 3.63) is 29.8 Å². The van der Waals surface area contributed by atoms with Crippen molar-refractivity contribution in [2.45, 2.75) is 37.8 Å². The molecule has 0 heterocycles. The Hall–Kier alpha value is -2.12. The van der Waals surface area contributed by atoms with E-state index in [1.54, 1.807) is 24.3 Å². The van der Waals surface area contributed by atoms with Gasteiger partial charge in [-0.25, -0.2) is 4.79 Å². The maximum atomic E-state index is 11.3. The molecule has 7 nitrogen and oxygen atoms in total. The number of benzene rings is 1. The van der Waals surface area contributed by atoms with E-state index in [1.807, 2.05) is 0 Å². The van der Waals surface area contributed by atoms with Crippen LogP contribution in [0.2, 0.25) is 0 Å². The average molecular weight is 309 g/mol. The molecule has 0 unspecified atom stereocenters. The number of rotatable bonds is 10. The molecule has 122 valence electrons. The van der Waals surface area contributed by atoms with Crippen molar-refractivity contribution >= 4 is 17.6 Å². The van der Waals surface area contributed by atoms with Gasteiger partial charge in [-0.05, 0) is 49.9 Å².